The minimum atomic E-state index is -5.49. The van der Waals surface area contributed by atoms with Crippen molar-refractivity contribution in [2.75, 3.05) is 0 Å². The van der Waals surface area contributed by atoms with Gasteiger partial charge in [0.15, 0.2) is 0 Å². The summed E-state index contributed by atoms with van der Waals surface area (Å²) in [6, 6.07) is 0. The van der Waals surface area contributed by atoms with Crippen LogP contribution in [-0.4, -0.2) is 73.5 Å². The van der Waals surface area contributed by atoms with E-state index >= 15 is 0 Å². The zero-order chi connectivity index (χ0) is 9.07. The Morgan fingerprint density at radius 2 is 1.15 bits per heavy atom. The van der Waals surface area contributed by atoms with E-state index in [1.54, 1.807) is 0 Å². The Kier molecular flexibility index (Phi) is 12.3. The fourth-order valence-corrected chi connectivity index (χ4v) is 2.40. The van der Waals surface area contributed by atoms with E-state index < -0.39 is 27.4 Å². The van der Waals surface area contributed by atoms with E-state index in [4.69, 9.17) is 0 Å². The molecule has 0 heterocycles. The van der Waals surface area contributed by atoms with Crippen molar-refractivity contribution < 1.29 is 36.3 Å². The third-order valence-electron chi connectivity index (χ3n) is 0.417. The van der Waals surface area contributed by atoms with Crippen molar-refractivity contribution in [3.63, 3.8) is 0 Å². The molecule has 0 aromatic heterocycles. The maximum absolute atomic E-state index is 10.1. The molecule has 0 bridgehead atoms. The van der Waals surface area contributed by atoms with Gasteiger partial charge in [-0.3, -0.25) is 0 Å². The summed E-state index contributed by atoms with van der Waals surface area (Å²) in [5.74, 6) is 0. The summed E-state index contributed by atoms with van der Waals surface area (Å²) in [4.78, 5) is 39.4. The second-order valence-corrected chi connectivity index (χ2v) is 4.84. The van der Waals surface area contributed by atoms with Crippen LogP contribution in [0.15, 0.2) is 0 Å². The molecular formula is Mg2O8Si3. The molecule has 0 radical (unpaired) electrons. The summed E-state index contributed by atoms with van der Waals surface area (Å²) < 4.78 is 25.6. The summed E-state index contributed by atoms with van der Waals surface area (Å²) in [6.45, 7) is 0. The molecule has 0 N–H and O–H groups in total. The van der Waals surface area contributed by atoms with Crippen LogP contribution in [-0.2, 0) is 17.2 Å². The van der Waals surface area contributed by atoms with Crippen molar-refractivity contribution >= 4 is 73.5 Å². The first kappa shape index (κ1) is 19.5. The fourth-order valence-electron chi connectivity index (χ4n) is 0.225. The standard InChI is InChI=1S/2Mg.O8Si3/c;;1-9(2)7-11(5,6)8-10(3)4/q2*+2;-4. The van der Waals surface area contributed by atoms with Crippen molar-refractivity contribution in [2.24, 2.45) is 0 Å². The van der Waals surface area contributed by atoms with E-state index in [0.29, 0.717) is 0 Å². The fraction of sp³-hybridized carbons (Fsp3) is 0. The van der Waals surface area contributed by atoms with E-state index in [9.17, 15) is 28.1 Å². The molecular weight excluding hydrogens is 261 g/mol. The second kappa shape index (κ2) is 8.23. The monoisotopic (exact) mass is 260 g/mol. The minimum absolute atomic E-state index is 0. The molecule has 13 heavy (non-hydrogen) atoms. The van der Waals surface area contributed by atoms with Crippen LogP contribution in [0.2, 0.25) is 0 Å². The van der Waals surface area contributed by atoms with Gasteiger partial charge in [0.1, 0.15) is 0 Å². The second-order valence-electron chi connectivity index (χ2n) is 1.20. The average Bonchev–Trinajstić information content (AvgIpc) is 1.53. The molecule has 64 valence electrons. The molecule has 0 fully saturated rings. The molecule has 0 aliphatic rings. The maximum Gasteiger partial charge on any atom is 2.00 e. The van der Waals surface area contributed by atoms with Crippen molar-refractivity contribution in [1.29, 1.82) is 0 Å². The molecule has 0 atom stereocenters. The predicted octanol–water partition coefficient (Wildman–Crippen LogP) is -7.03. The molecule has 0 aliphatic heterocycles. The largest absolute Gasteiger partial charge is 2.00 e. The van der Waals surface area contributed by atoms with Crippen LogP contribution in [0, 0.1) is 0 Å². The van der Waals surface area contributed by atoms with Crippen molar-refractivity contribution in [3.05, 3.63) is 0 Å². The topological polar surface area (TPSA) is 145 Å². The third kappa shape index (κ3) is 12.9. The molecule has 0 aliphatic carbocycles. The zero-order valence-electron chi connectivity index (χ0n) is 6.18. The van der Waals surface area contributed by atoms with Crippen LogP contribution < -0.4 is 19.2 Å². The van der Waals surface area contributed by atoms with Crippen LogP contribution in [0.1, 0.15) is 0 Å². The number of hydrogen-bond acceptors (Lipinski definition) is 8. The Hall–Kier alpha value is 0.903. The molecule has 0 aromatic rings. The SMILES string of the molecule is O=[Si]([O-])O[Si]([O-])([O-])O[Si](=O)[O-].[Mg+2].[Mg+2]. The summed E-state index contributed by atoms with van der Waals surface area (Å²) in [5, 5.41) is 0. The van der Waals surface area contributed by atoms with Gasteiger partial charge in [0.2, 0.25) is 0 Å². The van der Waals surface area contributed by atoms with Crippen LogP contribution in [0.25, 0.3) is 0 Å². The molecule has 13 heteroatoms. The molecule has 0 spiro atoms. The quantitative estimate of drug-likeness (QED) is 0.453. The normalized spacial score (nSPS) is 8.77. The molecule has 0 rings (SSSR count). The van der Waals surface area contributed by atoms with Gasteiger partial charge >= 0.3 is 64.4 Å². The molecule has 0 aromatic carbocycles. The summed E-state index contributed by atoms with van der Waals surface area (Å²) in [6.07, 6.45) is 0. The number of rotatable bonds is 4. The average molecular weight is 261 g/mol. The van der Waals surface area contributed by atoms with Gasteiger partial charge < -0.3 is 36.3 Å². The Morgan fingerprint density at radius 3 is 1.31 bits per heavy atom. The van der Waals surface area contributed by atoms with Gasteiger partial charge in [-0.05, 0) is 0 Å². The van der Waals surface area contributed by atoms with Gasteiger partial charge in [-0.1, -0.05) is 0 Å². The van der Waals surface area contributed by atoms with E-state index in [2.05, 4.69) is 8.23 Å². The third-order valence-corrected chi connectivity index (χ3v) is 3.75. The summed E-state index contributed by atoms with van der Waals surface area (Å²) in [5.41, 5.74) is 0. The van der Waals surface area contributed by atoms with Gasteiger partial charge in [-0.15, -0.1) is 0 Å². The van der Waals surface area contributed by atoms with E-state index in [0.717, 1.165) is 0 Å². The Morgan fingerprint density at radius 1 is 0.923 bits per heavy atom. The van der Waals surface area contributed by atoms with Crippen LogP contribution >= 0.6 is 0 Å². The minimum Gasteiger partial charge on any atom is -0.840 e. The maximum atomic E-state index is 10.1. The molecule has 0 unspecified atom stereocenters. The molecule has 0 saturated carbocycles. The summed E-state index contributed by atoms with van der Waals surface area (Å²) >= 11 is 0. The zero-order valence-corrected chi connectivity index (χ0v) is 12.0. The Bertz CT molecular complexity index is 160. The summed E-state index contributed by atoms with van der Waals surface area (Å²) in [7, 11) is -13.5. The molecule has 0 amide bonds. The van der Waals surface area contributed by atoms with Crippen LogP contribution in [0.3, 0.4) is 0 Å². The Labute approximate surface area is 109 Å². The first-order chi connectivity index (χ1) is 4.83. The van der Waals surface area contributed by atoms with Gasteiger partial charge in [-0.2, -0.15) is 0 Å². The number of hydrogen-bond donors (Lipinski definition) is 0. The predicted molar refractivity (Wildman–Crippen MR) is 32.3 cm³/mol. The van der Waals surface area contributed by atoms with Crippen LogP contribution in [0.5, 0.6) is 0 Å². The molecule has 8 nitrogen and oxygen atoms in total. The van der Waals surface area contributed by atoms with Gasteiger partial charge in [-0.25, -0.2) is 0 Å². The van der Waals surface area contributed by atoms with Crippen molar-refractivity contribution in [1.82, 2.24) is 0 Å². The van der Waals surface area contributed by atoms with Crippen LogP contribution in [0.4, 0.5) is 0 Å². The van der Waals surface area contributed by atoms with Gasteiger partial charge in [0.05, 0.1) is 9.05 Å². The van der Waals surface area contributed by atoms with Gasteiger partial charge in [0, 0.05) is 0 Å². The van der Waals surface area contributed by atoms with E-state index in [1.807, 2.05) is 0 Å². The Balaban J connectivity index is -0.000000500. The van der Waals surface area contributed by atoms with Crippen molar-refractivity contribution in [3.8, 4) is 0 Å². The smallest absolute Gasteiger partial charge is 0.840 e. The van der Waals surface area contributed by atoms with Gasteiger partial charge in [0.25, 0.3) is 0 Å². The van der Waals surface area contributed by atoms with Crippen molar-refractivity contribution in [2.45, 2.75) is 0 Å². The molecule has 0 saturated heterocycles. The first-order valence-electron chi connectivity index (χ1n) is 2.04. The first-order valence-corrected chi connectivity index (χ1v) is 6.12. The van der Waals surface area contributed by atoms with E-state index in [1.165, 1.54) is 0 Å². The van der Waals surface area contributed by atoms with E-state index in [-0.39, 0.29) is 46.1 Å².